The highest BCUT2D eigenvalue weighted by Crippen LogP contribution is 2.28. The van der Waals surface area contributed by atoms with Gasteiger partial charge in [-0.1, -0.05) is 25.8 Å². The molecule has 1 fully saturated rings. The van der Waals surface area contributed by atoms with Crippen LogP contribution in [0.1, 0.15) is 38.2 Å². The fraction of sp³-hybridized carbons (Fsp3) is 0.632. The highest BCUT2D eigenvalue weighted by atomic mass is 32.1. The standard InChI is InChI=1S/C19H30N2O2S/c1-14-7-5-6-8-16(14)20-19(24)21(2)12-11-15-9-10-17(22-3)18(13-15)23-4/h9-10,13-14,16H,5-8,11-12H2,1-4H3,(H,20,24)/t14-,16-/m1/s1. The molecule has 1 aromatic carbocycles. The van der Waals surface area contributed by atoms with Crippen LogP contribution in [0.4, 0.5) is 0 Å². The summed E-state index contributed by atoms with van der Waals surface area (Å²) in [5, 5.41) is 4.41. The van der Waals surface area contributed by atoms with Gasteiger partial charge in [0.1, 0.15) is 0 Å². The first-order valence-corrected chi connectivity index (χ1v) is 9.18. The van der Waals surface area contributed by atoms with Crippen LogP contribution in [0.5, 0.6) is 11.5 Å². The van der Waals surface area contributed by atoms with Gasteiger partial charge in [-0.2, -0.15) is 0 Å². The average Bonchev–Trinajstić information content (AvgIpc) is 2.61. The van der Waals surface area contributed by atoms with Crippen LogP contribution < -0.4 is 14.8 Å². The van der Waals surface area contributed by atoms with Crippen LogP contribution in [0.3, 0.4) is 0 Å². The minimum Gasteiger partial charge on any atom is -0.493 e. The third kappa shape index (κ3) is 5.00. The van der Waals surface area contributed by atoms with Crippen molar-refractivity contribution in [3.05, 3.63) is 23.8 Å². The number of ether oxygens (including phenoxy) is 2. The van der Waals surface area contributed by atoms with Gasteiger partial charge in [0.15, 0.2) is 16.6 Å². The van der Waals surface area contributed by atoms with Gasteiger partial charge >= 0.3 is 0 Å². The summed E-state index contributed by atoms with van der Waals surface area (Å²) in [6.45, 7) is 3.20. The maximum Gasteiger partial charge on any atom is 0.168 e. The van der Waals surface area contributed by atoms with Gasteiger partial charge in [-0.05, 0) is 55.1 Å². The number of methoxy groups -OCH3 is 2. The lowest BCUT2D eigenvalue weighted by Crippen LogP contribution is -2.47. The molecule has 0 saturated heterocycles. The van der Waals surface area contributed by atoms with Crippen LogP contribution in [0, 0.1) is 5.92 Å². The third-order valence-electron chi connectivity index (χ3n) is 4.95. The maximum absolute atomic E-state index is 5.58. The van der Waals surface area contributed by atoms with Gasteiger partial charge in [0.2, 0.25) is 0 Å². The van der Waals surface area contributed by atoms with Crippen molar-refractivity contribution in [2.75, 3.05) is 27.8 Å². The third-order valence-corrected chi connectivity index (χ3v) is 5.38. The number of nitrogens with one attached hydrogen (secondary N) is 1. The molecule has 4 nitrogen and oxygen atoms in total. The molecule has 2 rings (SSSR count). The second-order valence-electron chi connectivity index (χ2n) is 6.68. The first-order valence-electron chi connectivity index (χ1n) is 8.77. The van der Waals surface area contributed by atoms with Crippen LogP contribution >= 0.6 is 12.2 Å². The van der Waals surface area contributed by atoms with E-state index in [2.05, 4.69) is 30.3 Å². The molecule has 1 aliphatic rings. The lowest BCUT2D eigenvalue weighted by atomic mass is 9.86. The van der Waals surface area contributed by atoms with Gasteiger partial charge in [0.05, 0.1) is 14.2 Å². The fourth-order valence-electron chi connectivity index (χ4n) is 3.23. The van der Waals surface area contributed by atoms with E-state index in [-0.39, 0.29) is 0 Å². The molecule has 134 valence electrons. The van der Waals surface area contributed by atoms with Gasteiger partial charge in [-0.25, -0.2) is 0 Å². The largest absolute Gasteiger partial charge is 0.493 e. The van der Waals surface area contributed by atoms with Crippen molar-refractivity contribution in [3.63, 3.8) is 0 Å². The molecule has 0 bridgehead atoms. The number of hydrogen-bond donors (Lipinski definition) is 1. The van der Waals surface area contributed by atoms with Gasteiger partial charge in [-0.3, -0.25) is 0 Å². The second-order valence-corrected chi connectivity index (χ2v) is 7.07. The van der Waals surface area contributed by atoms with Crippen molar-refractivity contribution < 1.29 is 9.47 Å². The molecule has 1 N–H and O–H groups in total. The van der Waals surface area contributed by atoms with Gasteiger partial charge in [-0.15, -0.1) is 0 Å². The SMILES string of the molecule is COc1ccc(CCN(C)C(=S)N[C@@H]2CCCC[C@H]2C)cc1OC. The average molecular weight is 351 g/mol. The van der Waals surface area contributed by atoms with Gasteiger partial charge in [0, 0.05) is 19.6 Å². The molecule has 0 spiro atoms. The van der Waals surface area contributed by atoms with Crippen molar-refractivity contribution >= 4 is 17.3 Å². The predicted octanol–water partition coefficient (Wildman–Crippen LogP) is 3.63. The number of nitrogens with zero attached hydrogens (tertiary/aromatic N) is 1. The van der Waals surface area contributed by atoms with Gasteiger partial charge < -0.3 is 19.7 Å². The van der Waals surface area contributed by atoms with Crippen LogP contribution in [0.2, 0.25) is 0 Å². The summed E-state index contributed by atoms with van der Waals surface area (Å²) in [6.07, 6.45) is 6.10. The van der Waals surface area contributed by atoms with E-state index >= 15 is 0 Å². The summed E-state index contributed by atoms with van der Waals surface area (Å²) in [5.74, 6) is 2.24. The molecule has 0 amide bonds. The Bertz CT molecular complexity index is 550. The molecule has 0 aliphatic heterocycles. The Hall–Kier alpha value is -1.49. The Morgan fingerprint density at radius 3 is 2.58 bits per heavy atom. The molecule has 5 heteroatoms. The number of thiocarbonyl (C=S) groups is 1. The van der Waals surface area contributed by atoms with Crippen LogP contribution in [0.15, 0.2) is 18.2 Å². The van der Waals surface area contributed by atoms with Crippen molar-refractivity contribution in [3.8, 4) is 11.5 Å². The monoisotopic (exact) mass is 350 g/mol. The van der Waals surface area contributed by atoms with Crippen molar-refractivity contribution in [1.29, 1.82) is 0 Å². The molecule has 2 atom stereocenters. The molecule has 1 saturated carbocycles. The molecule has 0 radical (unpaired) electrons. The maximum atomic E-state index is 5.58. The quantitative estimate of drug-likeness (QED) is 0.793. The van der Waals surface area contributed by atoms with E-state index < -0.39 is 0 Å². The summed E-state index contributed by atoms with van der Waals surface area (Å²) in [5.41, 5.74) is 1.22. The smallest absolute Gasteiger partial charge is 0.168 e. The predicted molar refractivity (Wildman–Crippen MR) is 103 cm³/mol. The Labute approximate surface area is 151 Å². The first-order chi connectivity index (χ1) is 11.5. The molecule has 1 aliphatic carbocycles. The zero-order valence-electron chi connectivity index (χ0n) is 15.3. The summed E-state index contributed by atoms with van der Waals surface area (Å²) in [6, 6.07) is 6.59. The Morgan fingerprint density at radius 1 is 1.21 bits per heavy atom. The highest BCUT2D eigenvalue weighted by Gasteiger charge is 2.22. The Kier molecular flexibility index (Phi) is 7.16. The molecule has 0 aromatic heterocycles. The Morgan fingerprint density at radius 2 is 1.92 bits per heavy atom. The van der Waals surface area contributed by atoms with Crippen LogP contribution in [-0.4, -0.2) is 43.9 Å². The lowest BCUT2D eigenvalue weighted by Gasteiger charge is -2.33. The molecule has 24 heavy (non-hydrogen) atoms. The topological polar surface area (TPSA) is 33.7 Å². The zero-order valence-corrected chi connectivity index (χ0v) is 16.1. The fourth-order valence-corrected chi connectivity index (χ4v) is 3.48. The van der Waals surface area contributed by atoms with E-state index in [0.29, 0.717) is 12.0 Å². The summed E-state index contributed by atoms with van der Waals surface area (Å²) < 4.78 is 10.7. The summed E-state index contributed by atoms with van der Waals surface area (Å²) >= 11 is 5.58. The van der Waals surface area contributed by atoms with E-state index in [4.69, 9.17) is 21.7 Å². The molecule has 0 unspecified atom stereocenters. The van der Waals surface area contributed by atoms with Crippen molar-refractivity contribution in [2.24, 2.45) is 5.92 Å². The number of benzene rings is 1. The Balaban J connectivity index is 1.85. The zero-order chi connectivity index (χ0) is 17.5. The first kappa shape index (κ1) is 18.8. The highest BCUT2D eigenvalue weighted by molar-refractivity contribution is 7.80. The number of rotatable bonds is 6. The minimum atomic E-state index is 0.523. The van der Waals surface area contributed by atoms with E-state index in [0.717, 1.165) is 29.6 Å². The van der Waals surface area contributed by atoms with Crippen LogP contribution in [0.25, 0.3) is 0 Å². The van der Waals surface area contributed by atoms with Gasteiger partial charge in [0.25, 0.3) is 0 Å². The molecular weight excluding hydrogens is 320 g/mol. The number of likely N-dealkylation sites (N-methyl/N-ethyl adjacent to an activating group) is 1. The lowest BCUT2D eigenvalue weighted by molar-refractivity contribution is 0.301. The molecule has 0 heterocycles. The van der Waals surface area contributed by atoms with E-state index in [9.17, 15) is 0 Å². The van der Waals surface area contributed by atoms with E-state index in [1.807, 2.05) is 12.1 Å². The van der Waals surface area contributed by atoms with E-state index in [1.165, 1.54) is 31.2 Å². The summed E-state index contributed by atoms with van der Waals surface area (Å²) in [4.78, 5) is 2.13. The van der Waals surface area contributed by atoms with Crippen LogP contribution in [-0.2, 0) is 6.42 Å². The molecular formula is C19H30N2O2S. The normalized spacial score (nSPS) is 20.3. The van der Waals surface area contributed by atoms with E-state index in [1.54, 1.807) is 14.2 Å². The van der Waals surface area contributed by atoms with Crippen molar-refractivity contribution in [1.82, 2.24) is 10.2 Å². The second kappa shape index (κ2) is 9.11. The number of hydrogen-bond acceptors (Lipinski definition) is 3. The van der Waals surface area contributed by atoms with Crippen molar-refractivity contribution in [2.45, 2.75) is 45.1 Å². The summed E-state index contributed by atoms with van der Waals surface area (Å²) in [7, 11) is 5.38. The molecule has 1 aromatic rings. The minimum absolute atomic E-state index is 0.523.